The number of aryl methyl sites for hydroxylation is 1. The lowest BCUT2D eigenvalue weighted by Gasteiger charge is -2.12. The number of fused-ring (bicyclic) bond motifs is 1. The van der Waals surface area contributed by atoms with Crippen molar-refractivity contribution in [1.82, 2.24) is 4.57 Å². The zero-order valence-corrected chi connectivity index (χ0v) is 13.8. The maximum atomic E-state index is 11.7. The molecule has 0 unspecified atom stereocenters. The molecule has 0 atom stereocenters. The average Bonchev–Trinajstić information content (AvgIpc) is 2.87. The van der Waals surface area contributed by atoms with Gasteiger partial charge in [-0.05, 0) is 36.2 Å². The molecular formula is C19H19ClN2O. The summed E-state index contributed by atoms with van der Waals surface area (Å²) in [7, 11) is 0. The predicted octanol–water partition coefficient (Wildman–Crippen LogP) is 4.39. The van der Waals surface area contributed by atoms with Crippen LogP contribution in [0.15, 0.2) is 48.5 Å². The fourth-order valence-electron chi connectivity index (χ4n) is 3.00. The van der Waals surface area contributed by atoms with Crippen LogP contribution in [0.3, 0.4) is 0 Å². The molecule has 1 amide bonds. The summed E-state index contributed by atoms with van der Waals surface area (Å²) in [6, 6.07) is 15.6. The number of hydrogen-bond donors (Lipinski definition) is 1. The van der Waals surface area contributed by atoms with Crippen LogP contribution in [0, 0.1) is 0 Å². The fourth-order valence-corrected chi connectivity index (χ4v) is 3.20. The largest absolute Gasteiger partial charge is 0.366 e. The summed E-state index contributed by atoms with van der Waals surface area (Å²) < 4.78 is 2.23. The highest BCUT2D eigenvalue weighted by atomic mass is 35.5. The SMILES string of the molecule is CCCc1cc2c(C(N)=O)cccc2n1Cc1ccccc1Cl. The van der Waals surface area contributed by atoms with Crippen molar-refractivity contribution in [2.45, 2.75) is 26.3 Å². The van der Waals surface area contributed by atoms with Gasteiger partial charge in [0, 0.05) is 33.7 Å². The number of primary amides is 1. The topological polar surface area (TPSA) is 48.0 Å². The van der Waals surface area contributed by atoms with Crippen molar-refractivity contribution >= 4 is 28.4 Å². The minimum absolute atomic E-state index is 0.395. The van der Waals surface area contributed by atoms with Crippen LogP contribution in [0.4, 0.5) is 0 Å². The van der Waals surface area contributed by atoms with Crippen molar-refractivity contribution < 1.29 is 4.79 Å². The smallest absolute Gasteiger partial charge is 0.249 e. The van der Waals surface area contributed by atoms with E-state index in [9.17, 15) is 4.79 Å². The van der Waals surface area contributed by atoms with Gasteiger partial charge in [-0.3, -0.25) is 4.79 Å². The molecule has 3 nitrogen and oxygen atoms in total. The Morgan fingerprint density at radius 2 is 1.96 bits per heavy atom. The van der Waals surface area contributed by atoms with Crippen LogP contribution >= 0.6 is 11.6 Å². The molecule has 0 aliphatic heterocycles. The Balaban J connectivity index is 2.18. The van der Waals surface area contributed by atoms with E-state index in [4.69, 9.17) is 17.3 Å². The van der Waals surface area contributed by atoms with Crippen molar-refractivity contribution in [2.75, 3.05) is 0 Å². The zero-order valence-electron chi connectivity index (χ0n) is 13.1. The van der Waals surface area contributed by atoms with Gasteiger partial charge in [-0.2, -0.15) is 0 Å². The van der Waals surface area contributed by atoms with E-state index in [1.54, 1.807) is 6.07 Å². The van der Waals surface area contributed by atoms with Crippen molar-refractivity contribution in [3.05, 3.63) is 70.4 Å². The van der Waals surface area contributed by atoms with E-state index in [-0.39, 0.29) is 0 Å². The van der Waals surface area contributed by atoms with Gasteiger partial charge < -0.3 is 10.3 Å². The quantitative estimate of drug-likeness (QED) is 0.742. The van der Waals surface area contributed by atoms with Gasteiger partial charge in [-0.15, -0.1) is 0 Å². The molecule has 1 heterocycles. The second-order valence-corrected chi connectivity index (χ2v) is 6.07. The second-order valence-electron chi connectivity index (χ2n) is 5.67. The Labute approximate surface area is 140 Å². The van der Waals surface area contributed by atoms with Gasteiger partial charge in [-0.1, -0.05) is 49.2 Å². The summed E-state index contributed by atoms with van der Waals surface area (Å²) in [4.78, 5) is 11.7. The molecule has 0 saturated heterocycles. The molecule has 118 valence electrons. The molecule has 23 heavy (non-hydrogen) atoms. The number of benzene rings is 2. The number of aromatic nitrogens is 1. The Morgan fingerprint density at radius 1 is 1.17 bits per heavy atom. The van der Waals surface area contributed by atoms with E-state index in [1.807, 2.05) is 36.4 Å². The van der Waals surface area contributed by atoms with Crippen molar-refractivity contribution in [2.24, 2.45) is 5.73 Å². The van der Waals surface area contributed by atoms with E-state index in [0.717, 1.165) is 34.3 Å². The zero-order chi connectivity index (χ0) is 16.4. The Morgan fingerprint density at radius 3 is 2.65 bits per heavy atom. The van der Waals surface area contributed by atoms with Crippen molar-refractivity contribution in [3.8, 4) is 0 Å². The third-order valence-corrected chi connectivity index (χ3v) is 4.46. The maximum Gasteiger partial charge on any atom is 0.249 e. The van der Waals surface area contributed by atoms with Crippen LogP contribution in [0.25, 0.3) is 10.9 Å². The number of amides is 1. The van der Waals surface area contributed by atoms with E-state index in [2.05, 4.69) is 17.6 Å². The van der Waals surface area contributed by atoms with E-state index in [0.29, 0.717) is 12.1 Å². The average molecular weight is 327 g/mol. The van der Waals surface area contributed by atoms with Crippen LogP contribution in [-0.2, 0) is 13.0 Å². The first kappa shape index (κ1) is 15.6. The highest BCUT2D eigenvalue weighted by Crippen LogP contribution is 2.27. The summed E-state index contributed by atoms with van der Waals surface area (Å²) in [5.41, 5.74) is 9.36. The summed E-state index contributed by atoms with van der Waals surface area (Å²) in [5.74, 6) is -0.395. The number of carbonyl (C=O) groups is 1. The van der Waals surface area contributed by atoms with Gasteiger partial charge in [-0.25, -0.2) is 0 Å². The molecule has 0 aliphatic carbocycles. The number of halogens is 1. The summed E-state index contributed by atoms with van der Waals surface area (Å²) in [6.07, 6.45) is 1.97. The molecule has 4 heteroatoms. The number of hydrogen-bond acceptors (Lipinski definition) is 1. The van der Waals surface area contributed by atoms with E-state index < -0.39 is 5.91 Å². The predicted molar refractivity (Wildman–Crippen MR) is 95.0 cm³/mol. The monoisotopic (exact) mass is 326 g/mol. The Bertz CT molecular complexity index is 867. The Hall–Kier alpha value is -2.26. The van der Waals surface area contributed by atoms with E-state index in [1.165, 1.54) is 5.69 Å². The van der Waals surface area contributed by atoms with E-state index >= 15 is 0 Å². The Kier molecular flexibility index (Phi) is 4.39. The second kappa shape index (κ2) is 6.47. The summed E-state index contributed by atoms with van der Waals surface area (Å²) in [5, 5.41) is 1.67. The molecule has 0 saturated carbocycles. The lowest BCUT2D eigenvalue weighted by Crippen LogP contribution is -2.11. The van der Waals surface area contributed by atoms with Gasteiger partial charge in [0.25, 0.3) is 0 Å². The third kappa shape index (κ3) is 2.97. The lowest BCUT2D eigenvalue weighted by atomic mass is 10.1. The maximum absolute atomic E-state index is 11.7. The molecule has 0 bridgehead atoms. The molecule has 0 radical (unpaired) electrons. The standard InChI is InChI=1S/C19H19ClN2O/c1-2-6-14-11-16-15(19(21)23)8-5-10-18(16)22(14)12-13-7-3-4-9-17(13)20/h3-5,7-11H,2,6,12H2,1H3,(H2,21,23). The molecule has 1 aromatic heterocycles. The summed E-state index contributed by atoms with van der Waals surface area (Å²) >= 11 is 6.32. The van der Waals surface area contributed by atoms with Gasteiger partial charge in [0.2, 0.25) is 5.91 Å². The van der Waals surface area contributed by atoms with Crippen molar-refractivity contribution in [1.29, 1.82) is 0 Å². The first-order chi connectivity index (χ1) is 11.1. The number of nitrogens with zero attached hydrogens (tertiary/aromatic N) is 1. The number of carbonyl (C=O) groups excluding carboxylic acids is 1. The van der Waals surface area contributed by atoms with Crippen molar-refractivity contribution in [3.63, 3.8) is 0 Å². The van der Waals surface area contributed by atoms with Gasteiger partial charge >= 0.3 is 0 Å². The van der Waals surface area contributed by atoms with Crippen LogP contribution in [-0.4, -0.2) is 10.5 Å². The number of rotatable bonds is 5. The van der Waals surface area contributed by atoms with Gasteiger partial charge in [0.15, 0.2) is 0 Å². The van der Waals surface area contributed by atoms with Crippen LogP contribution in [0.2, 0.25) is 5.02 Å². The normalized spacial score (nSPS) is 11.0. The minimum Gasteiger partial charge on any atom is -0.366 e. The van der Waals surface area contributed by atoms with Crippen LogP contribution < -0.4 is 5.73 Å². The third-order valence-electron chi connectivity index (χ3n) is 4.09. The molecule has 3 rings (SSSR count). The first-order valence-electron chi connectivity index (χ1n) is 7.76. The first-order valence-corrected chi connectivity index (χ1v) is 8.14. The molecule has 3 aromatic rings. The van der Waals surface area contributed by atoms with Crippen LogP contribution in [0.1, 0.15) is 35.0 Å². The molecule has 2 aromatic carbocycles. The lowest BCUT2D eigenvalue weighted by molar-refractivity contribution is 0.100. The highest BCUT2D eigenvalue weighted by molar-refractivity contribution is 6.31. The minimum atomic E-state index is -0.395. The highest BCUT2D eigenvalue weighted by Gasteiger charge is 2.14. The molecule has 0 aliphatic rings. The summed E-state index contributed by atoms with van der Waals surface area (Å²) in [6.45, 7) is 2.83. The van der Waals surface area contributed by atoms with Gasteiger partial charge in [0.05, 0.1) is 0 Å². The molecule has 2 N–H and O–H groups in total. The number of nitrogens with two attached hydrogens (primary N) is 1. The fraction of sp³-hybridized carbons (Fsp3) is 0.211. The molecule has 0 spiro atoms. The molecule has 0 fully saturated rings. The molecular weight excluding hydrogens is 308 g/mol. The van der Waals surface area contributed by atoms with Crippen LogP contribution in [0.5, 0.6) is 0 Å². The van der Waals surface area contributed by atoms with Gasteiger partial charge in [0.1, 0.15) is 0 Å².